The van der Waals surface area contributed by atoms with Crippen LogP contribution in [0.1, 0.15) is 39.5 Å². The summed E-state index contributed by atoms with van der Waals surface area (Å²) in [6, 6.07) is 4.11. The number of hydrogen-bond acceptors (Lipinski definition) is 5. The molecule has 0 aromatic heterocycles. The fraction of sp³-hybridized carbons (Fsp3) is 0.833. The van der Waals surface area contributed by atoms with Crippen LogP contribution < -0.4 is 0 Å². The highest BCUT2D eigenvalue weighted by Gasteiger charge is 2.32. The van der Waals surface area contributed by atoms with Crippen molar-refractivity contribution in [2.75, 3.05) is 26.3 Å². The monoisotopic (exact) mass is 287 g/mol. The van der Waals surface area contributed by atoms with Crippen molar-refractivity contribution in [2.45, 2.75) is 39.5 Å². The van der Waals surface area contributed by atoms with E-state index >= 15 is 0 Å². The minimum absolute atomic E-state index is 0.296. The Morgan fingerprint density at radius 2 is 1.42 bits per heavy atom. The highest BCUT2D eigenvalue weighted by molar-refractivity contribution is 7.51. The molecule has 0 unspecified atom stereocenters. The summed E-state index contributed by atoms with van der Waals surface area (Å²) in [5.74, 6) is 0. The lowest BCUT2D eigenvalue weighted by Gasteiger charge is -2.29. The summed E-state index contributed by atoms with van der Waals surface area (Å²) < 4.78 is 24.8. The first-order chi connectivity index (χ1) is 9.14. The molecule has 0 saturated carbocycles. The Morgan fingerprint density at radius 1 is 1.00 bits per heavy atom. The minimum atomic E-state index is -3.30. The number of unbranched alkanes of at least 4 members (excludes halogenated alkanes) is 2. The summed E-state index contributed by atoms with van der Waals surface area (Å²) in [6.45, 7) is 5.05. The van der Waals surface area contributed by atoms with Crippen molar-refractivity contribution < 1.29 is 13.6 Å². The van der Waals surface area contributed by atoms with E-state index < -0.39 is 7.75 Å². The van der Waals surface area contributed by atoms with Gasteiger partial charge in [-0.15, -0.1) is 0 Å². The van der Waals surface area contributed by atoms with Gasteiger partial charge in [-0.05, 0) is 26.7 Å². The molecule has 0 bridgehead atoms. The average molecular weight is 287 g/mol. The highest BCUT2D eigenvalue weighted by Crippen LogP contribution is 2.52. The van der Waals surface area contributed by atoms with E-state index in [1.165, 1.54) is 0 Å². The van der Waals surface area contributed by atoms with Crippen molar-refractivity contribution >= 4 is 7.75 Å². The van der Waals surface area contributed by atoms with Gasteiger partial charge in [0.2, 0.25) is 0 Å². The predicted molar refractivity (Wildman–Crippen MR) is 72.1 cm³/mol. The molecule has 7 heteroatoms. The second-order valence-corrected chi connectivity index (χ2v) is 5.80. The summed E-state index contributed by atoms with van der Waals surface area (Å²) in [5, 5.41) is 17.1. The summed E-state index contributed by atoms with van der Waals surface area (Å²) >= 11 is 0. The molecule has 19 heavy (non-hydrogen) atoms. The molecule has 0 fully saturated rings. The molecule has 108 valence electrons. The lowest BCUT2D eigenvalue weighted by Crippen LogP contribution is -2.25. The van der Waals surface area contributed by atoms with Crippen LogP contribution in [0, 0.1) is 22.7 Å². The maximum absolute atomic E-state index is 12.6. The van der Waals surface area contributed by atoms with E-state index in [0.29, 0.717) is 52.0 Å². The number of rotatable bonds is 11. The second kappa shape index (κ2) is 11.0. The summed E-state index contributed by atoms with van der Waals surface area (Å²) in [4.78, 5) is 0. The molecular weight excluding hydrogens is 265 g/mol. The third-order valence-corrected chi connectivity index (χ3v) is 4.60. The van der Waals surface area contributed by atoms with Crippen LogP contribution >= 0.6 is 7.75 Å². The van der Waals surface area contributed by atoms with Gasteiger partial charge in [-0.2, -0.15) is 10.5 Å². The Morgan fingerprint density at radius 3 is 1.74 bits per heavy atom. The van der Waals surface area contributed by atoms with E-state index in [0.717, 1.165) is 0 Å². The first-order valence-electron chi connectivity index (χ1n) is 6.53. The Hall–Kier alpha value is -0.910. The van der Waals surface area contributed by atoms with E-state index in [9.17, 15) is 4.57 Å². The number of nitrogens with zero attached hydrogens (tertiary/aromatic N) is 3. The van der Waals surface area contributed by atoms with Gasteiger partial charge in [0.05, 0.1) is 25.4 Å². The van der Waals surface area contributed by atoms with E-state index in [1.807, 2.05) is 0 Å². The SMILES string of the molecule is CCOP(=O)(OCC)N(CCCC#N)CCCC#N. The molecule has 0 N–H and O–H groups in total. The first-order valence-corrected chi connectivity index (χ1v) is 8.02. The van der Waals surface area contributed by atoms with Crippen molar-refractivity contribution in [3.8, 4) is 12.1 Å². The number of hydrogen-bond donors (Lipinski definition) is 0. The van der Waals surface area contributed by atoms with Crippen LogP contribution in [0.25, 0.3) is 0 Å². The van der Waals surface area contributed by atoms with E-state index in [1.54, 1.807) is 18.5 Å². The van der Waals surface area contributed by atoms with Crippen molar-refractivity contribution in [1.82, 2.24) is 4.67 Å². The van der Waals surface area contributed by atoms with Crippen LogP contribution in [-0.2, 0) is 13.6 Å². The van der Waals surface area contributed by atoms with Crippen LogP contribution in [0.4, 0.5) is 0 Å². The van der Waals surface area contributed by atoms with Gasteiger partial charge in [-0.25, -0.2) is 9.24 Å². The fourth-order valence-electron chi connectivity index (χ4n) is 1.56. The van der Waals surface area contributed by atoms with Crippen LogP contribution in [0.3, 0.4) is 0 Å². The lowest BCUT2D eigenvalue weighted by molar-refractivity contribution is 0.166. The van der Waals surface area contributed by atoms with Gasteiger partial charge in [0.1, 0.15) is 0 Å². The molecule has 0 aliphatic carbocycles. The molecule has 0 radical (unpaired) electrons. The zero-order valence-corrected chi connectivity index (χ0v) is 12.6. The maximum Gasteiger partial charge on any atom is 0.408 e. The normalized spacial score (nSPS) is 11.2. The van der Waals surface area contributed by atoms with Gasteiger partial charge in [-0.3, -0.25) is 9.05 Å². The van der Waals surface area contributed by atoms with Crippen LogP contribution in [0.5, 0.6) is 0 Å². The molecule has 0 aliphatic heterocycles. The third-order valence-electron chi connectivity index (χ3n) is 2.34. The van der Waals surface area contributed by atoms with Gasteiger partial charge in [0.15, 0.2) is 0 Å². The Labute approximate surface area is 115 Å². The molecule has 0 saturated heterocycles. The van der Waals surface area contributed by atoms with Gasteiger partial charge in [0, 0.05) is 25.9 Å². The third kappa shape index (κ3) is 7.30. The molecule has 0 aromatic carbocycles. The standard InChI is InChI=1S/C12H22N3O3P/c1-3-17-19(16,18-4-2)15(11-7-5-9-13)12-8-6-10-14/h3-8,11-12H2,1-2H3. The summed E-state index contributed by atoms with van der Waals surface area (Å²) in [7, 11) is -3.30. The topological polar surface area (TPSA) is 86.3 Å². The molecule has 0 heterocycles. The summed E-state index contributed by atoms with van der Waals surface area (Å²) in [5.41, 5.74) is 0. The largest absolute Gasteiger partial charge is 0.408 e. The molecule has 0 atom stereocenters. The van der Waals surface area contributed by atoms with Crippen LogP contribution in [0.15, 0.2) is 0 Å². The lowest BCUT2D eigenvalue weighted by atomic mass is 10.3. The molecule has 0 amide bonds. The molecule has 0 aromatic rings. The molecule has 0 aliphatic rings. The van der Waals surface area contributed by atoms with Crippen molar-refractivity contribution in [3.05, 3.63) is 0 Å². The molecule has 6 nitrogen and oxygen atoms in total. The smallest absolute Gasteiger partial charge is 0.297 e. The van der Waals surface area contributed by atoms with E-state index in [4.69, 9.17) is 19.6 Å². The second-order valence-electron chi connectivity index (χ2n) is 3.78. The Bertz CT molecular complexity index is 332. The summed E-state index contributed by atoms with van der Waals surface area (Å²) in [6.07, 6.45) is 2.00. The van der Waals surface area contributed by atoms with E-state index in [2.05, 4.69) is 12.1 Å². The Balaban J connectivity index is 4.68. The molecular formula is C12H22N3O3P. The van der Waals surface area contributed by atoms with Gasteiger partial charge in [0.25, 0.3) is 0 Å². The van der Waals surface area contributed by atoms with Crippen molar-refractivity contribution in [2.24, 2.45) is 0 Å². The molecule has 0 spiro atoms. The van der Waals surface area contributed by atoms with Gasteiger partial charge >= 0.3 is 7.75 Å². The highest BCUT2D eigenvalue weighted by atomic mass is 31.2. The van der Waals surface area contributed by atoms with Crippen molar-refractivity contribution in [3.63, 3.8) is 0 Å². The van der Waals surface area contributed by atoms with Crippen molar-refractivity contribution in [1.29, 1.82) is 10.5 Å². The zero-order chi connectivity index (χ0) is 14.6. The predicted octanol–water partition coefficient (Wildman–Crippen LogP) is 3.08. The minimum Gasteiger partial charge on any atom is -0.297 e. The fourth-order valence-corrected chi connectivity index (χ4v) is 3.39. The maximum atomic E-state index is 12.6. The Kier molecular flexibility index (Phi) is 10.4. The van der Waals surface area contributed by atoms with Crippen LogP contribution in [0.2, 0.25) is 0 Å². The van der Waals surface area contributed by atoms with Crippen LogP contribution in [-0.4, -0.2) is 31.0 Å². The van der Waals surface area contributed by atoms with Gasteiger partial charge < -0.3 is 0 Å². The first kappa shape index (κ1) is 18.1. The number of nitriles is 2. The zero-order valence-electron chi connectivity index (χ0n) is 11.7. The molecule has 0 rings (SSSR count). The average Bonchev–Trinajstić information content (AvgIpc) is 2.38. The quantitative estimate of drug-likeness (QED) is 0.428. The van der Waals surface area contributed by atoms with E-state index in [-0.39, 0.29) is 0 Å². The van der Waals surface area contributed by atoms with Gasteiger partial charge in [-0.1, -0.05) is 0 Å².